The van der Waals surface area contributed by atoms with Gasteiger partial charge in [0, 0.05) is 11.3 Å². The molecule has 0 radical (unpaired) electrons. The van der Waals surface area contributed by atoms with Gasteiger partial charge in [-0.05, 0) is 30.9 Å². The van der Waals surface area contributed by atoms with E-state index in [4.69, 9.17) is 10.5 Å². The van der Waals surface area contributed by atoms with Crippen molar-refractivity contribution in [2.24, 2.45) is 0 Å². The first-order valence-corrected chi connectivity index (χ1v) is 6.63. The number of thiophene rings is 1. The van der Waals surface area contributed by atoms with E-state index in [0.29, 0.717) is 17.9 Å². The Morgan fingerprint density at radius 1 is 1.39 bits per heavy atom. The minimum Gasteiger partial charge on any atom is -0.462 e. The van der Waals surface area contributed by atoms with Gasteiger partial charge in [0.25, 0.3) is 0 Å². The highest BCUT2D eigenvalue weighted by Crippen LogP contribution is 2.36. The van der Waals surface area contributed by atoms with Gasteiger partial charge in [-0.25, -0.2) is 4.79 Å². The third-order valence-corrected chi connectivity index (χ3v) is 3.79. The summed E-state index contributed by atoms with van der Waals surface area (Å²) < 4.78 is 5.10. The van der Waals surface area contributed by atoms with Crippen molar-refractivity contribution >= 4 is 23.0 Å². The maximum Gasteiger partial charge on any atom is 0.339 e. The van der Waals surface area contributed by atoms with E-state index in [9.17, 15) is 4.79 Å². The third kappa shape index (κ3) is 2.24. The van der Waals surface area contributed by atoms with Gasteiger partial charge in [0.2, 0.25) is 0 Å². The van der Waals surface area contributed by atoms with Crippen LogP contribution in [0.2, 0.25) is 0 Å². The highest BCUT2D eigenvalue weighted by molar-refractivity contribution is 7.14. The molecule has 2 N–H and O–H groups in total. The zero-order valence-electron chi connectivity index (χ0n) is 10.4. The molecule has 3 nitrogen and oxygen atoms in total. The molecule has 1 aromatic carbocycles. The van der Waals surface area contributed by atoms with Gasteiger partial charge in [0.15, 0.2) is 0 Å². The number of benzene rings is 1. The molecule has 0 aliphatic heterocycles. The fourth-order valence-corrected chi connectivity index (χ4v) is 2.89. The first kappa shape index (κ1) is 12.6. The van der Waals surface area contributed by atoms with Crippen LogP contribution in [0, 0.1) is 6.92 Å². The Morgan fingerprint density at radius 3 is 2.78 bits per heavy atom. The van der Waals surface area contributed by atoms with Crippen LogP contribution >= 0.6 is 11.3 Å². The maximum absolute atomic E-state index is 12.0. The molecule has 0 spiro atoms. The largest absolute Gasteiger partial charge is 0.462 e. The summed E-state index contributed by atoms with van der Waals surface area (Å²) in [4.78, 5) is 12.9. The summed E-state index contributed by atoms with van der Waals surface area (Å²) in [7, 11) is 0. The predicted octanol–water partition coefficient (Wildman–Crippen LogP) is 3.48. The van der Waals surface area contributed by atoms with E-state index in [0.717, 1.165) is 16.0 Å². The SMILES string of the molecule is CCOC(=O)c1c(C)csc1-c1ccccc1N. The standard InChI is InChI=1S/C14H15NO2S/c1-3-17-14(16)12-9(2)8-18-13(12)10-6-4-5-7-11(10)15/h4-8H,3,15H2,1-2H3. The molecule has 0 amide bonds. The summed E-state index contributed by atoms with van der Waals surface area (Å²) >= 11 is 1.52. The minimum atomic E-state index is -0.283. The fourth-order valence-electron chi connectivity index (χ4n) is 1.80. The Kier molecular flexibility index (Phi) is 3.67. The number of nitrogen functional groups attached to an aromatic ring is 1. The van der Waals surface area contributed by atoms with Crippen LogP contribution in [0.25, 0.3) is 10.4 Å². The molecular formula is C14H15NO2S. The topological polar surface area (TPSA) is 52.3 Å². The first-order valence-electron chi connectivity index (χ1n) is 5.75. The van der Waals surface area contributed by atoms with E-state index in [2.05, 4.69) is 0 Å². The summed E-state index contributed by atoms with van der Waals surface area (Å²) in [5.74, 6) is -0.283. The quantitative estimate of drug-likeness (QED) is 0.679. The summed E-state index contributed by atoms with van der Waals surface area (Å²) in [5.41, 5.74) is 9.07. The fraction of sp³-hybridized carbons (Fsp3) is 0.214. The molecule has 0 bridgehead atoms. The summed E-state index contributed by atoms with van der Waals surface area (Å²) in [6.45, 7) is 4.08. The Morgan fingerprint density at radius 2 is 2.11 bits per heavy atom. The minimum absolute atomic E-state index is 0.283. The van der Waals surface area contributed by atoms with Crippen LogP contribution in [0.1, 0.15) is 22.8 Å². The van der Waals surface area contributed by atoms with Gasteiger partial charge < -0.3 is 10.5 Å². The summed E-state index contributed by atoms with van der Waals surface area (Å²) in [6, 6.07) is 7.54. The third-order valence-electron chi connectivity index (χ3n) is 2.66. The van der Waals surface area contributed by atoms with Gasteiger partial charge in [-0.1, -0.05) is 18.2 Å². The molecule has 0 aliphatic rings. The van der Waals surface area contributed by atoms with Crippen molar-refractivity contribution in [1.82, 2.24) is 0 Å². The van der Waals surface area contributed by atoms with Crippen LogP contribution in [0.5, 0.6) is 0 Å². The molecule has 0 aliphatic carbocycles. The molecule has 4 heteroatoms. The molecule has 2 rings (SSSR count). The number of carbonyl (C=O) groups is 1. The molecule has 1 aromatic heterocycles. The van der Waals surface area contributed by atoms with E-state index in [-0.39, 0.29) is 5.97 Å². The smallest absolute Gasteiger partial charge is 0.339 e. The van der Waals surface area contributed by atoms with Crippen LogP contribution in [0.15, 0.2) is 29.6 Å². The van der Waals surface area contributed by atoms with Crippen LogP contribution in [0.4, 0.5) is 5.69 Å². The van der Waals surface area contributed by atoms with Crippen molar-refractivity contribution in [2.45, 2.75) is 13.8 Å². The van der Waals surface area contributed by atoms with Crippen molar-refractivity contribution in [3.05, 3.63) is 40.8 Å². The summed E-state index contributed by atoms with van der Waals surface area (Å²) in [6.07, 6.45) is 0. The molecule has 94 valence electrons. The average molecular weight is 261 g/mol. The molecule has 1 heterocycles. The second kappa shape index (κ2) is 5.23. The molecule has 0 saturated heterocycles. The van der Waals surface area contributed by atoms with Crippen LogP contribution in [-0.4, -0.2) is 12.6 Å². The molecule has 0 fully saturated rings. The van der Waals surface area contributed by atoms with Crippen LogP contribution in [0.3, 0.4) is 0 Å². The lowest BCUT2D eigenvalue weighted by Gasteiger charge is -2.07. The Hall–Kier alpha value is -1.81. The van der Waals surface area contributed by atoms with Gasteiger partial charge in [-0.3, -0.25) is 0 Å². The van der Waals surface area contributed by atoms with Gasteiger partial charge in [0.05, 0.1) is 17.0 Å². The highest BCUT2D eigenvalue weighted by Gasteiger charge is 2.19. The lowest BCUT2D eigenvalue weighted by atomic mass is 10.1. The molecule has 2 aromatic rings. The molecule has 0 atom stereocenters. The lowest BCUT2D eigenvalue weighted by molar-refractivity contribution is 0.0527. The number of hydrogen-bond donors (Lipinski definition) is 1. The molecule has 18 heavy (non-hydrogen) atoms. The Labute approximate surface area is 110 Å². The van der Waals surface area contributed by atoms with Crippen LogP contribution in [-0.2, 0) is 4.74 Å². The number of hydrogen-bond acceptors (Lipinski definition) is 4. The zero-order chi connectivity index (χ0) is 13.1. The Balaban J connectivity index is 2.53. The monoisotopic (exact) mass is 261 g/mol. The normalized spacial score (nSPS) is 10.3. The predicted molar refractivity (Wildman–Crippen MR) is 74.9 cm³/mol. The van der Waals surface area contributed by atoms with Crippen LogP contribution < -0.4 is 5.73 Å². The lowest BCUT2D eigenvalue weighted by Crippen LogP contribution is -2.06. The van der Waals surface area contributed by atoms with Crippen molar-refractivity contribution in [3.63, 3.8) is 0 Å². The van der Waals surface area contributed by atoms with E-state index in [1.807, 2.05) is 36.6 Å². The molecule has 0 saturated carbocycles. The van der Waals surface area contributed by atoms with Gasteiger partial charge in [-0.15, -0.1) is 11.3 Å². The number of para-hydroxylation sites is 1. The maximum atomic E-state index is 12.0. The highest BCUT2D eigenvalue weighted by atomic mass is 32.1. The number of esters is 1. The van der Waals surface area contributed by atoms with E-state index in [1.165, 1.54) is 11.3 Å². The number of nitrogens with two attached hydrogens (primary N) is 1. The van der Waals surface area contributed by atoms with Crippen molar-refractivity contribution in [1.29, 1.82) is 0 Å². The average Bonchev–Trinajstić information content (AvgIpc) is 2.72. The zero-order valence-corrected chi connectivity index (χ0v) is 11.2. The number of carbonyl (C=O) groups excluding carboxylic acids is 1. The number of rotatable bonds is 3. The number of anilines is 1. The van der Waals surface area contributed by atoms with Gasteiger partial charge >= 0.3 is 5.97 Å². The number of ether oxygens (including phenoxy) is 1. The molecular weight excluding hydrogens is 246 g/mol. The van der Waals surface area contributed by atoms with E-state index >= 15 is 0 Å². The van der Waals surface area contributed by atoms with E-state index in [1.54, 1.807) is 6.92 Å². The summed E-state index contributed by atoms with van der Waals surface area (Å²) in [5, 5.41) is 1.95. The van der Waals surface area contributed by atoms with Gasteiger partial charge in [0.1, 0.15) is 0 Å². The Bertz CT molecular complexity index is 575. The van der Waals surface area contributed by atoms with Crippen molar-refractivity contribution in [3.8, 4) is 10.4 Å². The first-order chi connectivity index (χ1) is 8.65. The second-order valence-corrected chi connectivity index (χ2v) is 4.81. The molecule has 0 unspecified atom stereocenters. The van der Waals surface area contributed by atoms with Crippen molar-refractivity contribution in [2.75, 3.05) is 12.3 Å². The van der Waals surface area contributed by atoms with Crippen molar-refractivity contribution < 1.29 is 9.53 Å². The van der Waals surface area contributed by atoms with E-state index < -0.39 is 0 Å². The number of aryl methyl sites for hydroxylation is 1. The van der Waals surface area contributed by atoms with Gasteiger partial charge in [-0.2, -0.15) is 0 Å². The second-order valence-electron chi connectivity index (χ2n) is 3.93.